The van der Waals surface area contributed by atoms with Crippen molar-refractivity contribution in [2.75, 3.05) is 11.9 Å². The summed E-state index contributed by atoms with van der Waals surface area (Å²) in [5.41, 5.74) is 1.05. The molecule has 2 heterocycles. The van der Waals surface area contributed by atoms with E-state index in [1.54, 1.807) is 13.1 Å². The summed E-state index contributed by atoms with van der Waals surface area (Å²) in [7, 11) is 1.62. The van der Waals surface area contributed by atoms with Gasteiger partial charge in [0.05, 0.1) is 24.5 Å². The maximum Gasteiger partial charge on any atom is 0.325 e. The van der Waals surface area contributed by atoms with Crippen LogP contribution < -0.4 is 10.2 Å². The Morgan fingerprint density at radius 2 is 1.76 bits per heavy atom. The molecule has 0 saturated carbocycles. The molecule has 1 aliphatic rings. The number of urea groups is 1. The Morgan fingerprint density at radius 3 is 2.44 bits per heavy atom. The van der Waals surface area contributed by atoms with Crippen molar-refractivity contribution in [3.05, 3.63) is 94.3 Å². The molecule has 1 atom stereocenters. The number of amides is 3. The normalized spacial score (nSPS) is 15.4. The van der Waals surface area contributed by atoms with Crippen LogP contribution in [0.25, 0.3) is 0 Å². The molecule has 0 spiro atoms. The number of anilines is 1. The molecule has 6 nitrogen and oxygen atoms in total. The number of rotatable bonds is 5. The van der Waals surface area contributed by atoms with Crippen LogP contribution in [-0.4, -0.2) is 28.9 Å². The number of fused-ring (bicyclic) bond motifs is 1. The Balaban J connectivity index is 1.63. The lowest BCUT2D eigenvalue weighted by Crippen LogP contribution is -2.46. The van der Waals surface area contributed by atoms with E-state index in [-0.39, 0.29) is 29.7 Å². The molecule has 3 aromatic rings. The quantitative estimate of drug-likeness (QED) is 0.548. The minimum absolute atomic E-state index is 0.0890. The number of benzene rings is 2. The summed E-state index contributed by atoms with van der Waals surface area (Å²) >= 11 is 0. The molecule has 1 N–H and O–H groups in total. The van der Waals surface area contributed by atoms with Crippen LogP contribution in [0, 0.1) is 23.3 Å². The Bertz CT molecular complexity index is 1260. The second-order valence-electron chi connectivity index (χ2n) is 7.93. The number of hydrogen-bond donors (Lipinski definition) is 1. The lowest BCUT2D eigenvalue weighted by molar-refractivity contribution is 0.0950. The second kappa shape index (κ2) is 9.12. The fourth-order valence-electron chi connectivity index (χ4n) is 3.81. The average Bonchev–Trinajstić information content (AvgIpc) is 2.80. The van der Waals surface area contributed by atoms with E-state index in [2.05, 4.69) is 10.3 Å². The molecular weight excluding hydrogens is 452 g/mol. The number of carbonyl (C=O) groups excluding carboxylic acids is 2. The van der Waals surface area contributed by atoms with Gasteiger partial charge in [0.25, 0.3) is 5.91 Å². The molecular formula is C24H20F4N4O2. The van der Waals surface area contributed by atoms with Crippen molar-refractivity contribution < 1.29 is 27.2 Å². The first-order valence-corrected chi connectivity index (χ1v) is 10.4. The van der Waals surface area contributed by atoms with Crippen molar-refractivity contribution in [3.63, 3.8) is 0 Å². The van der Waals surface area contributed by atoms with Gasteiger partial charge in [0, 0.05) is 48.6 Å². The van der Waals surface area contributed by atoms with E-state index in [9.17, 15) is 27.2 Å². The predicted octanol–water partition coefficient (Wildman–Crippen LogP) is 4.70. The highest BCUT2D eigenvalue weighted by atomic mass is 19.1. The monoisotopic (exact) mass is 472 g/mol. The van der Waals surface area contributed by atoms with Crippen LogP contribution in [0.1, 0.15) is 40.0 Å². The van der Waals surface area contributed by atoms with Crippen LogP contribution in [0.3, 0.4) is 0 Å². The lowest BCUT2D eigenvalue weighted by Gasteiger charge is -2.39. The summed E-state index contributed by atoms with van der Waals surface area (Å²) in [6.07, 6.45) is 2.46. The highest BCUT2D eigenvalue weighted by Gasteiger charge is 2.34. The Hall–Kier alpha value is -3.95. The van der Waals surface area contributed by atoms with Gasteiger partial charge in [-0.3, -0.25) is 14.7 Å². The van der Waals surface area contributed by atoms with Gasteiger partial charge in [0.1, 0.15) is 23.3 Å². The lowest BCUT2D eigenvalue weighted by atomic mass is 9.98. The Kier molecular flexibility index (Phi) is 6.23. The van der Waals surface area contributed by atoms with Gasteiger partial charge in [-0.2, -0.15) is 0 Å². The summed E-state index contributed by atoms with van der Waals surface area (Å²) in [5, 5.41) is 2.40. The molecule has 0 bridgehead atoms. The zero-order chi connectivity index (χ0) is 24.6. The molecule has 2 aromatic carbocycles. The Morgan fingerprint density at radius 1 is 1.06 bits per heavy atom. The van der Waals surface area contributed by atoms with Crippen molar-refractivity contribution in [2.24, 2.45) is 0 Å². The van der Waals surface area contributed by atoms with E-state index in [0.29, 0.717) is 17.8 Å². The standard InChI is InChI=1S/C24H20F4N4O2/c1-13-17-4-3-14(23(33)30-10-18-19(26)8-16(25)9-20(18)27)7-22(17)32(24(34)31(13)2)12-15-5-6-29-11-21(15)28/h3-9,11,13H,10,12H2,1-2H3,(H,30,33). The zero-order valence-corrected chi connectivity index (χ0v) is 18.3. The van der Waals surface area contributed by atoms with E-state index in [0.717, 1.165) is 11.8 Å². The number of carbonyl (C=O) groups is 2. The third-order valence-corrected chi connectivity index (χ3v) is 5.86. The van der Waals surface area contributed by atoms with Gasteiger partial charge < -0.3 is 10.2 Å². The Labute approximate surface area is 192 Å². The molecule has 34 heavy (non-hydrogen) atoms. The fourth-order valence-corrected chi connectivity index (χ4v) is 3.81. The van der Waals surface area contributed by atoms with Gasteiger partial charge in [-0.05, 0) is 30.7 Å². The van der Waals surface area contributed by atoms with Gasteiger partial charge in [-0.25, -0.2) is 22.4 Å². The molecule has 176 valence electrons. The molecule has 1 aromatic heterocycles. The minimum atomic E-state index is -1.11. The topological polar surface area (TPSA) is 65.5 Å². The van der Waals surface area contributed by atoms with Crippen LogP contribution in [-0.2, 0) is 13.1 Å². The molecule has 4 rings (SSSR count). The zero-order valence-electron chi connectivity index (χ0n) is 18.3. The summed E-state index contributed by atoms with van der Waals surface area (Å²) in [4.78, 5) is 32.3. The van der Waals surface area contributed by atoms with Gasteiger partial charge >= 0.3 is 6.03 Å². The third-order valence-electron chi connectivity index (χ3n) is 5.86. The minimum Gasteiger partial charge on any atom is -0.348 e. The van der Waals surface area contributed by atoms with E-state index < -0.39 is 41.3 Å². The fraction of sp³-hybridized carbons (Fsp3) is 0.208. The van der Waals surface area contributed by atoms with Crippen molar-refractivity contribution in [1.29, 1.82) is 0 Å². The van der Waals surface area contributed by atoms with Gasteiger partial charge in [0.2, 0.25) is 0 Å². The number of pyridine rings is 1. The molecule has 1 unspecified atom stereocenters. The molecule has 10 heteroatoms. The molecule has 0 fully saturated rings. The maximum atomic E-state index is 14.2. The van der Waals surface area contributed by atoms with E-state index in [4.69, 9.17) is 0 Å². The first kappa shape index (κ1) is 23.2. The predicted molar refractivity (Wildman–Crippen MR) is 116 cm³/mol. The van der Waals surface area contributed by atoms with Crippen LogP contribution in [0.4, 0.5) is 28.0 Å². The number of nitrogens with one attached hydrogen (secondary N) is 1. The summed E-state index contributed by atoms with van der Waals surface area (Å²) in [5.74, 6) is -4.52. The highest BCUT2D eigenvalue weighted by molar-refractivity contribution is 5.99. The largest absolute Gasteiger partial charge is 0.348 e. The number of nitrogens with zero attached hydrogens (tertiary/aromatic N) is 3. The van der Waals surface area contributed by atoms with Gasteiger partial charge in [-0.1, -0.05) is 6.07 Å². The molecule has 0 radical (unpaired) electrons. The van der Waals surface area contributed by atoms with Crippen molar-refractivity contribution in [1.82, 2.24) is 15.2 Å². The second-order valence-corrected chi connectivity index (χ2v) is 7.93. The van der Waals surface area contributed by atoms with Crippen molar-refractivity contribution >= 4 is 17.6 Å². The van der Waals surface area contributed by atoms with Crippen LogP contribution in [0.15, 0.2) is 48.8 Å². The number of aromatic nitrogens is 1. The van der Waals surface area contributed by atoms with Crippen LogP contribution in [0.5, 0.6) is 0 Å². The molecule has 3 amide bonds. The first-order valence-electron chi connectivity index (χ1n) is 10.4. The van der Waals surface area contributed by atoms with E-state index in [1.807, 2.05) is 6.92 Å². The molecule has 1 aliphatic heterocycles. The number of halogens is 4. The maximum absolute atomic E-state index is 14.2. The summed E-state index contributed by atoms with van der Waals surface area (Å²) < 4.78 is 55.1. The highest BCUT2D eigenvalue weighted by Crippen LogP contribution is 2.37. The van der Waals surface area contributed by atoms with Crippen LogP contribution in [0.2, 0.25) is 0 Å². The van der Waals surface area contributed by atoms with Gasteiger partial charge in [-0.15, -0.1) is 0 Å². The van der Waals surface area contributed by atoms with E-state index in [1.165, 1.54) is 34.2 Å². The number of hydrogen-bond acceptors (Lipinski definition) is 3. The average molecular weight is 472 g/mol. The van der Waals surface area contributed by atoms with Gasteiger partial charge in [0.15, 0.2) is 0 Å². The van der Waals surface area contributed by atoms with Crippen LogP contribution >= 0.6 is 0 Å². The SMILES string of the molecule is CC1c2ccc(C(=O)NCc3c(F)cc(F)cc3F)cc2N(Cc2ccncc2F)C(=O)N1C. The smallest absolute Gasteiger partial charge is 0.325 e. The molecule has 0 saturated heterocycles. The summed E-state index contributed by atoms with van der Waals surface area (Å²) in [6.45, 7) is 1.23. The van der Waals surface area contributed by atoms with Crippen molar-refractivity contribution in [2.45, 2.75) is 26.1 Å². The van der Waals surface area contributed by atoms with E-state index >= 15 is 0 Å². The van der Waals surface area contributed by atoms with Crippen molar-refractivity contribution in [3.8, 4) is 0 Å². The molecule has 0 aliphatic carbocycles. The first-order chi connectivity index (χ1) is 16.2. The third kappa shape index (κ3) is 4.30. The summed E-state index contributed by atoms with van der Waals surface area (Å²) in [6, 6.07) is 6.51.